The predicted molar refractivity (Wildman–Crippen MR) is 75.4 cm³/mol. The maximum Gasteiger partial charge on any atom is 0.392 e. The summed E-state index contributed by atoms with van der Waals surface area (Å²) >= 11 is 11.9. The fourth-order valence-electron chi connectivity index (χ4n) is 1.31. The SMILES string of the molecule is CCCCO[Si](C)(C)Oc1ccc(Cl)cc1Cl. The summed E-state index contributed by atoms with van der Waals surface area (Å²) in [6, 6.07) is 5.22. The summed E-state index contributed by atoms with van der Waals surface area (Å²) in [7, 11) is -2.16. The predicted octanol–water partition coefficient (Wildman–Crippen LogP) is 4.89. The number of rotatable bonds is 6. The van der Waals surface area contributed by atoms with Gasteiger partial charge in [0.25, 0.3) is 0 Å². The summed E-state index contributed by atoms with van der Waals surface area (Å²) in [6.07, 6.45) is 2.17. The van der Waals surface area contributed by atoms with Crippen molar-refractivity contribution in [3.63, 3.8) is 0 Å². The van der Waals surface area contributed by atoms with E-state index in [1.807, 2.05) is 13.1 Å². The fraction of sp³-hybridized carbons (Fsp3) is 0.500. The molecule has 0 unspecified atom stereocenters. The minimum atomic E-state index is -2.16. The topological polar surface area (TPSA) is 18.5 Å². The molecule has 0 bridgehead atoms. The van der Waals surface area contributed by atoms with Gasteiger partial charge in [-0.1, -0.05) is 36.5 Å². The van der Waals surface area contributed by atoms with Crippen LogP contribution in [0.25, 0.3) is 0 Å². The summed E-state index contributed by atoms with van der Waals surface area (Å²) in [4.78, 5) is 0. The lowest BCUT2D eigenvalue weighted by atomic mass is 10.3. The monoisotopic (exact) mass is 292 g/mol. The summed E-state index contributed by atoms with van der Waals surface area (Å²) < 4.78 is 11.6. The van der Waals surface area contributed by atoms with Crippen LogP contribution in [0.4, 0.5) is 0 Å². The van der Waals surface area contributed by atoms with E-state index in [4.69, 9.17) is 32.1 Å². The van der Waals surface area contributed by atoms with Crippen LogP contribution in [0, 0.1) is 0 Å². The smallest absolute Gasteiger partial charge is 0.392 e. The highest BCUT2D eigenvalue weighted by Gasteiger charge is 2.27. The Balaban J connectivity index is 2.62. The summed E-state index contributed by atoms with van der Waals surface area (Å²) in [6.45, 7) is 6.89. The molecule has 2 nitrogen and oxygen atoms in total. The van der Waals surface area contributed by atoms with E-state index in [0.29, 0.717) is 15.8 Å². The van der Waals surface area contributed by atoms with Crippen LogP contribution in [0.1, 0.15) is 19.8 Å². The zero-order chi connectivity index (χ0) is 12.9. The van der Waals surface area contributed by atoms with Gasteiger partial charge in [-0.15, -0.1) is 0 Å². The highest BCUT2D eigenvalue weighted by atomic mass is 35.5. The van der Waals surface area contributed by atoms with E-state index in [2.05, 4.69) is 6.92 Å². The normalized spacial score (nSPS) is 11.6. The number of halogens is 2. The molecule has 5 heteroatoms. The molecule has 0 fully saturated rings. The Kier molecular flexibility index (Phi) is 5.80. The van der Waals surface area contributed by atoms with E-state index in [-0.39, 0.29) is 0 Å². The Labute approximate surface area is 114 Å². The highest BCUT2D eigenvalue weighted by molar-refractivity contribution is 6.65. The van der Waals surface area contributed by atoms with Gasteiger partial charge in [0.2, 0.25) is 0 Å². The van der Waals surface area contributed by atoms with Crippen LogP contribution in [-0.2, 0) is 4.43 Å². The largest absolute Gasteiger partial charge is 0.519 e. The van der Waals surface area contributed by atoms with Gasteiger partial charge in [-0.2, -0.15) is 0 Å². The quantitative estimate of drug-likeness (QED) is 0.549. The van der Waals surface area contributed by atoms with Crippen molar-refractivity contribution in [3.05, 3.63) is 28.2 Å². The maximum absolute atomic E-state index is 6.05. The molecule has 1 rings (SSSR count). The molecule has 0 saturated carbocycles. The Hall–Kier alpha value is -0.223. The van der Waals surface area contributed by atoms with Crippen molar-refractivity contribution < 1.29 is 8.85 Å². The average Bonchev–Trinajstić information content (AvgIpc) is 2.22. The molecule has 0 aromatic heterocycles. The molecule has 0 spiro atoms. The van der Waals surface area contributed by atoms with Gasteiger partial charge in [0.15, 0.2) is 0 Å². The van der Waals surface area contributed by atoms with Crippen LogP contribution in [0.15, 0.2) is 18.2 Å². The maximum atomic E-state index is 6.05. The van der Waals surface area contributed by atoms with Gasteiger partial charge in [-0.3, -0.25) is 0 Å². The third kappa shape index (κ3) is 5.30. The zero-order valence-electron chi connectivity index (χ0n) is 10.4. The minimum absolute atomic E-state index is 0.525. The third-order valence-corrected chi connectivity index (χ3v) is 4.34. The Morgan fingerprint density at radius 1 is 1.24 bits per heavy atom. The van der Waals surface area contributed by atoms with E-state index in [9.17, 15) is 0 Å². The van der Waals surface area contributed by atoms with Gasteiger partial charge in [-0.05, 0) is 37.7 Å². The average molecular weight is 293 g/mol. The lowest BCUT2D eigenvalue weighted by Gasteiger charge is -2.24. The zero-order valence-corrected chi connectivity index (χ0v) is 12.9. The first-order valence-electron chi connectivity index (χ1n) is 5.72. The lowest BCUT2D eigenvalue weighted by Crippen LogP contribution is -2.38. The molecule has 17 heavy (non-hydrogen) atoms. The molecule has 1 aromatic rings. The Morgan fingerprint density at radius 3 is 2.53 bits per heavy atom. The van der Waals surface area contributed by atoms with Crippen molar-refractivity contribution in [2.45, 2.75) is 32.9 Å². The fourth-order valence-corrected chi connectivity index (χ4v) is 3.23. The van der Waals surface area contributed by atoms with Crippen LogP contribution in [0.5, 0.6) is 5.75 Å². The second kappa shape index (κ2) is 6.64. The Bertz CT molecular complexity index is 370. The lowest BCUT2D eigenvalue weighted by molar-refractivity contribution is 0.243. The summed E-state index contributed by atoms with van der Waals surface area (Å²) in [5, 5.41) is 1.13. The molecule has 0 N–H and O–H groups in total. The number of hydrogen-bond acceptors (Lipinski definition) is 2. The van der Waals surface area contributed by atoms with E-state index in [1.165, 1.54) is 0 Å². The van der Waals surface area contributed by atoms with Crippen molar-refractivity contribution in [1.29, 1.82) is 0 Å². The third-order valence-electron chi connectivity index (χ3n) is 2.20. The molecule has 0 radical (unpaired) electrons. The van der Waals surface area contributed by atoms with Gasteiger partial charge in [-0.25, -0.2) is 0 Å². The first-order valence-corrected chi connectivity index (χ1v) is 9.30. The second-order valence-corrected chi connectivity index (χ2v) is 8.41. The van der Waals surface area contributed by atoms with E-state index < -0.39 is 8.56 Å². The number of unbranched alkanes of at least 4 members (excludes halogenated alkanes) is 1. The molecule has 0 heterocycles. The van der Waals surface area contributed by atoms with Crippen LogP contribution in [0.3, 0.4) is 0 Å². The first kappa shape index (κ1) is 14.8. The highest BCUT2D eigenvalue weighted by Crippen LogP contribution is 2.29. The van der Waals surface area contributed by atoms with E-state index in [1.54, 1.807) is 18.2 Å². The molecular weight excluding hydrogens is 275 g/mol. The van der Waals surface area contributed by atoms with Crippen molar-refractivity contribution in [2.24, 2.45) is 0 Å². The molecular formula is C12H18Cl2O2Si. The molecule has 96 valence electrons. The van der Waals surface area contributed by atoms with Crippen LogP contribution >= 0.6 is 23.2 Å². The molecule has 0 atom stereocenters. The number of benzene rings is 1. The van der Waals surface area contributed by atoms with Gasteiger partial charge < -0.3 is 8.85 Å². The second-order valence-electron chi connectivity index (χ2n) is 4.28. The first-order chi connectivity index (χ1) is 7.94. The molecule has 0 saturated heterocycles. The van der Waals surface area contributed by atoms with Crippen LogP contribution in [0.2, 0.25) is 23.1 Å². The summed E-state index contributed by atoms with van der Waals surface area (Å²) in [5.41, 5.74) is 0. The van der Waals surface area contributed by atoms with E-state index in [0.717, 1.165) is 19.4 Å². The molecule has 0 aliphatic carbocycles. The summed E-state index contributed by atoms with van der Waals surface area (Å²) in [5.74, 6) is 0.643. The van der Waals surface area contributed by atoms with Gasteiger partial charge in [0, 0.05) is 11.6 Å². The van der Waals surface area contributed by atoms with Crippen LogP contribution < -0.4 is 4.43 Å². The van der Waals surface area contributed by atoms with Crippen molar-refractivity contribution >= 4 is 31.8 Å². The van der Waals surface area contributed by atoms with Crippen molar-refractivity contribution in [1.82, 2.24) is 0 Å². The molecule has 1 aromatic carbocycles. The van der Waals surface area contributed by atoms with Crippen molar-refractivity contribution in [3.8, 4) is 5.75 Å². The molecule has 0 amide bonds. The van der Waals surface area contributed by atoms with Gasteiger partial charge in [0.05, 0.1) is 5.02 Å². The van der Waals surface area contributed by atoms with Gasteiger partial charge in [0.1, 0.15) is 5.75 Å². The Morgan fingerprint density at radius 2 is 1.94 bits per heavy atom. The van der Waals surface area contributed by atoms with Crippen LogP contribution in [-0.4, -0.2) is 15.2 Å². The molecule has 0 aliphatic rings. The molecule has 0 aliphatic heterocycles. The van der Waals surface area contributed by atoms with Crippen molar-refractivity contribution in [2.75, 3.05) is 6.61 Å². The minimum Gasteiger partial charge on any atom is -0.519 e. The van der Waals surface area contributed by atoms with Gasteiger partial charge >= 0.3 is 8.56 Å². The standard InChI is InChI=1S/C12H18Cl2O2Si/c1-4-5-8-15-17(2,3)16-12-7-6-10(13)9-11(12)14/h6-7,9H,4-5,8H2,1-3H3. The number of hydrogen-bond donors (Lipinski definition) is 0. The van der Waals surface area contributed by atoms with E-state index >= 15 is 0 Å².